The van der Waals surface area contributed by atoms with Crippen LogP contribution in [0.1, 0.15) is 19.3 Å². The predicted molar refractivity (Wildman–Crippen MR) is 89.2 cm³/mol. The molecule has 0 bridgehead atoms. The van der Waals surface area contributed by atoms with Crippen LogP contribution >= 0.6 is 0 Å². The van der Waals surface area contributed by atoms with Crippen molar-refractivity contribution in [2.45, 2.75) is 19.3 Å². The largest absolute Gasteiger partial charge is 0.385 e. The number of nitrogens with one attached hydrogen (secondary N) is 1. The summed E-state index contributed by atoms with van der Waals surface area (Å²) in [5.74, 6) is 2.02. The molecule has 3 rings (SSSR count). The third-order valence-electron chi connectivity index (χ3n) is 4.13. The van der Waals surface area contributed by atoms with Gasteiger partial charge in [-0.2, -0.15) is 0 Å². The van der Waals surface area contributed by atoms with E-state index in [0.29, 0.717) is 29.6 Å². The summed E-state index contributed by atoms with van der Waals surface area (Å²) in [7, 11) is 3.44. The molecule has 24 heavy (non-hydrogen) atoms. The van der Waals surface area contributed by atoms with Gasteiger partial charge in [0.25, 0.3) is 0 Å². The molecule has 1 atom stereocenters. The molecule has 0 radical (unpaired) electrons. The molecular formula is C15H24N6O3. The van der Waals surface area contributed by atoms with Gasteiger partial charge in [0, 0.05) is 40.5 Å². The van der Waals surface area contributed by atoms with Crippen LogP contribution in [0.5, 0.6) is 0 Å². The molecule has 0 aliphatic carbocycles. The topological polar surface area (TPSA) is 98.4 Å². The van der Waals surface area contributed by atoms with Crippen LogP contribution in [0.3, 0.4) is 0 Å². The Kier molecular flexibility index (Phi) is 5.76. The number of hydrogen-bond donors (Lipinski definition) is 1. The summed E-state index contributed by atoms with van der Waals surface area (Å²) >= 11 is 0. The third-order valence-corrected chi connectivity index (χ3v) is 4.13. The van der Waals surface area contributed by atoms with Crippen molar-refractivity contribution < 1.29 is 14.1 Å². The Balaban J connectivity index is 1.80. The summed E-state index contributed by atoms with van der Waals surface area (Å²) in [6.07, 6.45) is 3.16. The molecule has 3 heterocycles. The quantitative estimate of drug-likeness (QED) is 0.716. The van der Waals surface area contributed by atoms with E-state index in [4.69, 9.17) is 14.1 Å². The number of nitrogens with zero attached hydrogens (tertiary/aromatic N) is 5. The lowest BCUT2D eigenvalue weighted by Crippen LogP contribution is -2.38. The molecule has 0 saturated carbocycles. The van der Waals surface area contributed by atoms with Gasteiger partial charge in [-0.3, -0.25) is 0 Å². The van der Waals surface area contributed by atoms with Crippen molar-refractivity contribution in [3.8, 4) is 0 Å². The molecule has 9 heteroatoms. The molecule has 0 amide bonds. The van der Waals surface area contributed by atoms with Crippen LogP contribution in [0.25, 0.3) is 11.3 Å². The molecule has 0 aromatic carbocycles. The zero-order chi connectivity index (χ0) is 16.8. The minimum atomic E-state index is 0.415. The second kappa shape index (κ2) is 8.20. The maximum Gasteiger partial charge on any atom is 0.245 e. The highest BCUT2D eigenvalue weighted by Gasteiger charge is 2.24. The fraction of sp³-hybridized carbons (Fsp3) is 0.733. The first kappa shape index (κ1) is 16.8. The lowest BCUT2D eigenvalue weighted by Gasteiger charge is -2.33. The Hall–Kier alpha value is -2.00. The molecule has 2 aromatic heterocycles. The van der Waals surface area contributed by atoms with Crippen molar-refractivity contribution in [3.63, 3.8) is 0 Å². The van der Waals surface area contributed by atoms with Crippen molar-refractivity contribution >= 4 is 22.9 Å². The number of piperidine rings is 1. The summed E-state index contributed by atoms with van der Waals surface area (Å²) < 4.78 is 15.2. The summed E-state index contributed by atoms with van der Waals surface area (Å²) in [5, 5.41) is 11.0. The van der Waals surface area contributed by atoms with E-state index in [9.17, 15) is 0 Å². The molecule has 132 valence electrons. The van der Waals surface area contributed by atoms with E-state index in [1.807, 2.05) is 0 Å². The fourth-order valence-corrected chi connectivity index (χ4v) is 3.02. The van der Waals surface area contributed by atoms with Gasteiger partial charge in [-0.25, -0.2) is 14.6 Å². The third kappa shape index (κ3) is 3.90. The van der Waals surface area contributed by atoms with Gasteiger partial charge in [0.15, 0.2) is 11.6 Å². The number of methoxy groups -OCH3 is 2. The number of anilines is 2. The number of fused-ring (bicyclic) bond motifs is 1. The first-order valence-corrected chi connectivity index (χ1v) is 8.28. The number of rotatable bonds is 8. The fourth-order valence-electron chi connectivity index (χ4n) is 3.02. The molecule has 1 saturated heterocycles. The summed E-state index contributed by atoms with van der Waals surface area (Å²) in [5.41, 5.74) is 0.847. The molecule has 2 aromatic rings. The van der Waals surface area contributed by atoms with Crippen LogP contribution in [0.15, 0.2) is 4.63 Å². The Labute approximate surface area is 140 Å². The predicted octanol–water partition coefficient (Wildman–Crippen LogP) is 1.32. The average Bonchev–Trinajstić information content (AvgIpc) is 3.06. The molecule has 9 nitrogen and oxygen atoms in total. The maximum atomic E-state index is 5.32. The van der Waals surface area contributed by atoms with Crippen LogP contribution in [0.4, 0.5) is 11.6 Å². The van der Waals surface area contributed by atoms with Crippen LogP contribution in [-0.4, -0.2) is 67.3 Å². The molecule has 1 aliphatic heterocycles. The van der Waals surface area contributed by atoms with Gasteiger partial charge in [-0.15, -0.1) is 0 Å². The normalized spacial score (nSPS) is 18.2. The van der Waals surface area contributed by atoms with Crippen molar-refractivity contribution in [3.05, 3.63) is 0 Å². The highest BCUT2D eigenvalue weighted by Crippen LogP contribution is 2.28. The standard InChI is InChI=1S/C15H24N6O3/c1-22-8-4-6-16-14-15(18-13-12(17-14)19-24-20-13)21-7-3-5-11(9-21)10-23-2/h11H,3-10H2,1-2H3,(H,16,17,19). The second-order valence-corrected chi connectivity index (χ2v) is 5.99. The highest BCUT2D eigenvalue weighted by atomic mass is 16.6. The van der Waals surface area contributed by atoms with Crippen molar-refractivity contribution in [1.82, 2.24) is 20.3 Å². The molecule has 0 spiro atoms. The van der Waals surface area contributed by atoms with Crippen molar-refractivity contribution in [1.29, 1.82) is 0 Å². The monoisotopic (exact) mass is 336 g/mol. The van der Waals surface area contributed by atoms with Crippen LogP contribution in [0, 0.1) is 5.92 Å². The minimum absolute atomic E-state index is 0.415. The molecular weight excluding hydrogens is 312 g/mol. The summed E-state index contributed by atoms with van der Waals surface area (Å²) in [6, 6.07) is 0. The molecule has 1 aliphatic rings. The van der Waals surface area contributed by atoms with Gasteiger partial charge < -0.3 is 19.7 Å². The van der Waals surface area contributed by atoms with Gasteiger partial charge >= 0.3 is 0 Å². The van der Waals surface area contributed by atoms with Gasteiger partial charge in [0.1, 0.15) is 0 Å². The molecule has 1 N–H and O–H groups in total. The van der Waals surface area contributed by atoms with Gasteiger partial charge in [-0.1, -0.05) is 0 Å². The van der Waals surface area contributed by atoms with Crippen molar-refractivity contribution in [2.24, 2.45) is 5.92 Å². The van der Waals surface area contributed by atoms with E-state index in [2.05, 4.69) is 30.5 Å². The van der Waals surface area contributed by atoms with Crippen LogP contribution in [0.2, 0.25) is 0 Å². The lowest BCUT2D eigenvalue weighted by molar-refractivity contribution is 0.143. The first-order valence-electron chi connectivity index (χ1n) is 8.28. The number of ether oxygens (including phenoxy) is 2. The average molecular weight is 336 g/mol. The van der Waals surface area contributed by atoms with E-state index < -0.39 is 0 Å². The Bertz CT molecular complexity index is 647. The zero-order valence-electron chi connectivity index (χ0n) is 14.2. The number of hydrogen-bond acceptors (Lipinski definition) is 9. The van der Waals surface area contributed by atoms with Crippen molar-refractivity contribution in [2.75, 3.05) is 57.3 Å². The highest BCUT2D eigenvalue weighted by molar-refractivity contribution is 5.74. The second-order valence-electron chi connectivity index (χ2n) is 5.99. The van der Waals surface area contributed by atoms with E-state index in [1.165, 1.54) is 6.42 Å². The summed E-state index contributed by atoms with van der Waals surface area (Å²) in [4.78, 5) is 11.4. The zero-order valence-corrected chi connectivity index (χ0v) is 14.2. The summed E-state index contributed by atoms with van der Waals surface area (Å²) in [6.45, 7) is 4.05. The van der Waals surface area contributed by atoms with Gasteiger partial charge in [-0.05, 0) is 35.5 Å². The smallest absolute Gasteiger partial charge is 0.245 e. The van der Waals surface area contributed by atoms with Gasteiger partial charge in [0.2, 0.25) is 11.3 Å². The first-order chi connectivity index (χ1) is 11.8. The lowest BCUT2D eigenvalue weighted by atomic mass is 9.99. The van der Waals surface area contributed by atoms with E-state index in [-0.39, 0.29) is 0 Å². The molecule has 1 unspecified atom stereocenters. The SMILES string of the molecule is COCCCNc1nc2nonc2nc1N1CCCC(COC)C1. The Morgan fingerprint density at radius 1 is 1.21 bits per heavy atom. The van der Waals surface area contributed by atoms with Crippen LogP contribution < -0.4 is 10.2 Å². The van der Waals surface area contributed by atoms with Crippen LogP contribution in [-0.2, 0) is 9.47 Å². The number of aromatic nitrogens is 4. The van der Waals surface area contributed by atoms with E-state index >= 15 is 0 Å². The maximum absolute atomic E-state index is 5.32. The van der Waals surface area contributed by atoms with E-state index in [0.717, 1.165) is 44.9 Å². The Morgan fingerprint density at radius 3 is 2.83 bits per heavy atom. The molecule has 1 fully saturated rings. The minimum Gasteiger partial charge on any atom is -0.385 e. The Morgan fingerprint density at radius 2 is 2.04 bits per heavy atom. The van der Waals surface area contributed by atoms with E-state index in [1.54, 1.807) is 14.2 Å². The van der Waals surface area contributed by atoms with Gasteiger partial charge in [0.05, 0.1) is 6.61 Å².